The molecule has 0 atom stereocenters. The van der Waals surface area contributed by atoms with Crippen molar-refractivity contribution >= 4 is 51.0 Å². The predicted octanol–water partition coefficient (Wildman–Crippen LogP) is 7.70. The van der Waals surface area contributed by atoms with E-state index in [1.54, 1.807) is 12.1 Å². The zero-order chi connectivity index (χ0) is 19.4. The van der Waals surface area contributed by atoms with E-state index in [0.29, 0.717) is 16.7 Å². The van der Waals surface area contributed by atoms with Gasteiger partial charge in [-0.1, -0.05) is 62.9 Å². The first-order chi connectivity index (χ1) is 12.9. The van der Waals surface area contributed by atoms with Crippen molar-refractivity contribution in [2.75, 3.05) is 0 Å². The second kappa shape index (κ2) is 8.92. The van der Waals surface area contributed by atoms with Crippen molar-refractivity contribution in [2.45, 2.75) is 20.5 Å². The standard InChI is InChI=1S/C22H18BrCl2NO/c1-14-3-7-21(15(2)9-14)26-12-17-10-18(23)5-8-22(17)27-13-16-4-6-19(24)11-20(16)25/h3-12H,13H2,1-2H3. The third-order valence-electron chi connectivity index (χ3n) is 4.07. The summed E-state index contributed by atoms with van der Waals surface area (Å²) in [4.78, 5) is 4.63. The molecular weight excluding hydrogens is 445 g/mol. The average molecular weight is 463 g/mol. The number of aryl methyl sites for hydroxylation is 2. The van der Waals surface area contributed by atoms with Gasteiger partial charge in [-0.15, -0.1) is 0 Å². The van der Waals surface area contributed by atoms with Crippen molar-refractivity contribution in [1.82, 2.24) is 0 Å². The molecule has 0 aliphatic rings. The zero-order valence-electron chi connectivity index (χ0n) is 15.0. The minimum absolute atomic E-state index is 0.349. The second-order valence-electron chi connectivity index (χ2n) is 6.25. The molecule has 0 bridgehead atoms. The molecule has 0 radical (unpaired) electrons. The summed E-state index contributed by atoms with van der Waals surface area (Å²) in [6.07, 6.45) is 1.82. The molecule has 3 rings (SSSR count). The number of hydrogen-bond acceptors (Lipinski definition) is 2. The molecular formula is C22H18BrCl2NO. The van der Waals surface area contributed by atoms with Crippen LogP contribution in [0.15, 0.2) is 64.1 Å². The van der Waals surface area contributed by atoms with E-state index in [4.69, 9.17) is 27.9 Å². The first kappa shape index (κ1) is 19.9. The lowest BCUT2D eigenvalue weighted by Gasteiger charge is -2.11. The number of aliphatic imine (C=N–C) groups is 1. The van der Waals surface area contributed by atoms with E-state index in [1.807, 2.05) is 36.5 Å². The molecule has 5 heteroatoms. The maximum Gasteiger partial charge on any atom is 0.128 e. The molecule has 0 N–H and O–H groups in total. The van der Waals surface area contributed by atoms with E-state index >= 15 is 0 Å². The van der Waals surface area contributed by atoms with Crippen molar-refractivity contribution in [1.29, 1.82) is 0 Å². The van der Waals surface area contributed by atoms with E-state index in [0.717, 1.165) is 32.6 Å². The largest absolute Gasteiger partial charge is 0.488 e. The highest BCUT2D eigenvalue weighted by Gasteiger charge is 2.07. The van der Waals surface area contributed by atoms with Gasteiger partial charge in [0.15, 0.2) is 0 Å². The van der Waals surface area contributed by atoms with E-state index in [-0.39, 0.29) is 0 Å². The quantitative estimate of drug-likeness (QED) is 0.356. The molecule has 0 aromatic heterocycles. The fourth-order valence-corrected chi connectivity index (χ4v) is 3.48. The number of rotatable bonds is 5. The number of nitrogens with zero attached hydrogens (tertiary/aromatic N) is 1. The van der Waals surface area contributed by atoms with Gasteiger partial charge in [-0.25, -0.2) is 0 Å². The number of halogens is 3. The third-order valence-corrected chi connectivity index (χ3v) is 5.15. The molecule has 0 saturated heterocycles. The van der Waals surface area contributed by atoms with Gasteiger partial charge in [-0.05, 0) is 55.8 Å². The van der Waals surface area contributed by atoms with Crippen molar-refractivity contribution in [2.24, 2.45) is 4.99 Å². The Kier molecular flexibility index (Phi) is 6.59. The molecule has 27 heavy (non-hydrogen) atoms. The van der Waals surface area contributed by atoms with Crippen molar-refractivity contribution in [3.8, 4) is 5.75 Å². The highest BCUT2D eigenvalue weighted by molar-refractivity contribution is 9.10. The Balaban J connectivity index is 1.83. The van der Waals surface area contributed by atoms with Crippen LogP contribution in [0.1, 0.15) is 22.3 Å². The first-order valence-corrected chi connectivity index (χ1v) is 9.95. The minimum Gasteiger partial charge on any atom is -0.488 e. The molecule has 138 valence electrons. The molecule has 0 unspecified atom stereocenters. The van der Waals surface area contributed by atoms with Crippen molar-refractivity contribution in [3.05, 3.63) is 91.4 Å². The Morgan fingerprint density at radius 2 is 1.81 bits per heavy atom. The monoisotopic (exact) mass is 461 g/mol. The van der Waals surface area contributed by atoms with Gasteiger partial charge in [-0.2, -0.15) is 0 Å². The average Bonchev–Trinajstić information content (AvgIpc) is 2.61. The second-order valence-corrected chi connectivity index (χ2v) is 8.01. The van der Waals surface area contributed by atoms with Crippen LogP contribution in [0.5, 0.6) is 5.75 Å². The van der Waals surface area contributed by atoms with Crippen LogP contribution in [0.2, 0.25) is 10.0 Å². The highest BCUT2D eigenvalue weighted by Crippen LogP contribution is 2.27. The van der Waals surface area contributed by atoms with Crippen LogP contribution in [0.25, 0.3) is 0 Å². The summed E-state index contributed by atoms with van der Waals surface area (Å²) in [5.41, 5.74) is 5.05. The molecule has 0 spiro atoms. The highest BCUT2D eigenvalue weighted by atomic mass is 79.9. The van der Waals surface area contributed by atoms with Gasteiger partial charge < -0.3 is 4.74 Å². The lowest BCUT2D eigenvalue weighted by molar-refractivity contribution is 0.306. The van der Waals surface area contributed by atoms with Crippen LogP contribution >= 0.6 is 39.1 Å². The van der Waals surface area contributed by atoms with E-state index in [9.17, 15) is 0 Å². The molecule has 0 fully saturated rings. The van der Waals surface area contributed by atoms with Gasteiger partial charge in [0, 0.05) is 31.9 Å². The maximum atomic E-state index is 6.23. The fourth-order valence-electron chi connectivity index (χ4n) is 2.64. The molecule has 3 aromatic rings. The first-order valence-electron chi connectivity index (χ1n) is 8.40. The summed E-state index contributed by atoms with van der Waals surface area (Å²) in [5.74, 6) is 0.734. The van der Waals surface area contributed by atoms with Crippen LogP contribution in [-0.4, -0.2) is 6.21 Å². The molecule has 3 aromatic carbocycles. The Morgan fingerprint density at radius 3 is 2.56 bits per heavy atom. The van der Waals surface area contributed by atoms with Gasteiger partial charge in [0.2, 0.25) is 0 Å². The Hall–Kier alpha value is -1.81. The topological polar surface area (TPSA) is 21.6 Å². The van der Waals surface area contributed by atoms with E-state index < -0.39 is 0 Å². The predicted molar refractivity (Wildman–Crippen MR) is 118 cm³/mol. The maximum absolute atomic E-state index is 6.23. The number of hydrogen-bond donors (Lipinski definition) is 0. The van der Waals surface area contributed by atoms with E-state index in [1.165, 1.54) is 5.56 Å². The van der Waals surface area contributed by atoms with Crippen molar-refractivity contribution < 1.29 is 4.74 Å². The molecule has 0 aliphatic heterocycles. The van der Waals surface area contributed by atoms with Gasteiger partial charge in [-0.3, -0.25) is 4.99 Å². The SMILES string of the molecule is Cc1ccc(N=Cc2cc(Br)ccc2OCc2ccc(Cl)cc2Cl)c(C)c1. The summed E-state index contributed by atoms with van der Waals surface area (Å²) in [5, 5.41) is 1.19. The Labute approximate surface area is 177 Å². The Bertz CT molecular complexity index is 1000. The summed E-state index contributed by atoms with van der Waals surface area (Å²) >= 11 is 15.7. The summed E-state index contributed by atoms with van der Waals surface area (Å²) in [6.45, 7) is 4.48. The van der Waals surface area contributed by atoms with E-state index in [2.05, 4.69) is 46.9 Å². The molecule has 0 aliphatic carbocycles. The number of benzene rings is 3. The van der Waals surface area contributed by atoms with Gasteiger partial charge in [0.1, 0.15) is 12.4 Å². The smallest absolute Gasteiger partial charge is 0.128 e. The van der Waals surface area contributed by atoms with Crippen LogP contribution in [0.3, 0.4) is 0 Å². The van der Waals surface area contributed by atoms with Crippen LogP contribution in [0.4, 0.5) is 5.69 Å². The van der Waals surface area contributed by atoms with Gasteiger partial charge in [0.05, 0.1) is 5.69 Å². The molecule has 0 saturated carbocycles. The molecule has 0 amide bonds. The van der Waals surface area contributed by atoms with Gasteiger partial charge in [0.25, 0.3) is 0 Å². The van der Waals surface area contributed by atoms with Crippen molar-refractivity contribution in [3.63, 3.8) is 0 Å². The lowest BCUT2D eigenvalue weighted by Crippen LogP contribution is -1.99. The third kappa shape index (κ3) is 5.35. The fraction of sp³-hybridized carbons (Fsp3) is 0.136. The number of ether oxygens (including phenoxy) is 1. The van der Waals surface area contributed by atoms with Crippen LogP contribution < -0.4 is 4.74 Å². The summed E-state index contributed by atoms with van der Waals surface area (Å²) < 4.78 is 6.96. The van der Waals surface area contributed by atoms with Crippen LogP contribution in [0, 0.1) is 13.8 Å². The normalized spacial score (nSPS) is 11.1. The summed E-state index contributed by atoms with van der Waals surface area (Å²) in [6, 6.07) is 17.4. The van der Waals surface area contributed by atoms with Gasteiger partial charge >= 0.3 is 0 Å². The zero-order valence-corrected chi connectivity index (χ0v) is 18.1. The van der Waals surface area contributed by atoms with Crippen LogP contribution in [-0.2, 0) is 6.61 Å². The lowest BCUT2D eigenvalue weighted by atomic mass is 10.1. The Morgan fingerprint density at radius 1 is 1.00 bits per heavy atom. The molecule has 2 nitrogen and oxygen atoms in total. The summed E-state index contributed by atoms with van der Waals surface area (Å²) in [7, 11) is 0. The minimum atomic E-state index is 0.349. The molecule has 0 heterocycles.